The molecule has 4 aliphatic carbocycles. The minimum atomic E-state index is 0.103. The number of carbonyl (C=O) groups is 1. The summed E-state index contributed by atoms with van der Waals surface area (Å²) in [6, 6.07) is 6.00. The second-order valence-corrected chi connectivity index (χ2v) is 9.11. The number of nitrogens with zero attached hydrogens (tertiary/aromatic N) is 1. The Labute approximate surface area is 155 Å². The van der Waals surface area contributed by atoms with E-state index >= 15 is 0 Å². The third-order valence-electron chi connectivity index (χ3n) is 6.75. The van der Waals surface area contributed by atoms with Gasteiger partial charge < -0.3 is 14.8 Å². The van der Waals surface area contributed by atoms with Crippen LogP contribution in [0.25, 0.3) is 0 Å². The van der Waals surface area contributed by atoms with E-state index in [1.165, 1.54) is 38.5 Å². The third-order valence-corrected chi connectivity index (χ3v) is 6.75. The fourth-order valence-corrected chi connectivity index (χ4v) is 6.25. The van der Waals surface area contributed by atoms with Crippen LogP contribution in [0.15, 0.2) is 18.2 Å². The van der Waals surface area contributed by atoms with Gasteiger partial charge in [0, 0.05) is 12.1 Å². The first-order valence-electron chi connectivity index (χ1n) is 9.95. The second kappa shape index (κ2) is 6.15. The van der Waals surface area contributed by atoms with Gasteiger partial charge >= 0.3 is 0 Å². The van der Waals surface area contributed by atoms with Crippen molar-refractivity contribution in [3.8, 4) is 11.5 Å². The van der Waals surface area contributed by atoms with Crippen LogP contribution in [-0.2, 0) is 11.3 Å². The molecule has 0 saturated heterocycles. The van der Waals surface area contributed by atoms with E-state index in [2.05, 4.69) is 10.2 Å². The number of ether oxygens (including phenoxy) is 2. The van der Waals surface area contributed by atoms with Gasteiger partial charge in [0.15, 0.2) is 11.5 Å². The Morgan fingerprint density at radius 3 is 2.46 bits per heavy atom. The van der Waals surface area contributed by atoms with Crippen molar-refractivity contribution in [3.63, 3.8) is 0 Å². The molecule has 5 aliphatic rings. The van der Waals surface area contributed by atoms with Gasteiger partial charge in [0.25, 0.3) is 0 Å². The van der Waals surface area contributed by atoms with E-state index in [1.54, 1.807) is 0 Å². The Bertz CT molecular complexity index is 682. The highest BCUT2D eigenvalue weighted by Gasteiger charge is 2.51. The number of carbonyl (C=O) groups excluding carboxylic acids is 1. The van der Waals surface area contributed by atoms with Crippen molar-refractivity contribution in [2.75, 3.05) is 20.4 Å². The summed E-state index contributed by atoms with van der Waals surface area (Å²) in [4.78, 5) is 14.8. The van der Waals surface area contributed by atoms with Crippen molar-refractivity contribution < 1.29 is 14.3 Å². The molecule has 0 spiro atoms. The summed E-state index contributed by atoms with van der Waals surface area (Å²) in [6.07, 6.45) is 7.82. The maximum Gasteiger partial charge on any atom is 0.234 e. The third kappa shape index (κ3) is 3.07. The van der Waals surface area contributed by atoms with Gasteiger partial charge in [0.1, 0.15) is 0 Å². The highest BCUT2D eigenvalue weighted by atomic mass is 16.7. The summed E-state index contributed by atoms with van der Waals surface area (Å²) in [7, 11) is 2.00. The van der Waals surface area contributed by atoms with Crippen molar-refractivity contribution in [2.45, 2.75) is 50.6 Å². The first-order valence-corrected chi connectivity index (χ1v) is 9.95. The molecule has 1 aromatic rings. The first kappa shape index (κ1) is 16.4. The van der Waals surface area contributed by atoms with Crippen molar-refractivity contribution in [2.24, 2.45) is 17.8 Å². The van der Waals surface area contributed by atoms with Crippen LogP contribution in [0.5, 0.6) is 11.5 Å². The van der Waals surface area contributed by atoms with Crippen LogP contribution in [0.1, 0.15) is 44.1 Å². The highest BCUT2D eigenvalue weighted by molar-refractivity contribution is 5.79. The maximum atomic E-state index is 12.7. The normalized spacial score (nSPS) is 33.7. The van der Waals surface area contributed by atoms with Gasteiger partial charge in [-0.2, -0.15) is 0 Å². The molecule has 5 heteroatoms. The van der Waals surface area contributed by atoms with Crippen LogP contribution in [0, 0.1) is 17.8 Å². The Hall–Kier alpha value is -1.75. The van der Waals surface area contributed by atoms with Gasteiger partial charge in [-0.3, -0.25) is 9.69 Å². The number of likely N-dealkylation sites (N-methyl/N-ethyl adjacent to an activating group) is 1. The van der Waals surface area contributed by atoms with E-state index in [4.69, 9.17) is 9.47 Å². The van der Waals surface area contributed by atoms with Crippen LogP contribution in [0.2, 0.25) is 0 Å². The molecular formula is C21H28N2O3. The van der Waals surface area contributed by atoms with Gasteiger partial charge in [-0.05, 0) is 81.0 Å². The first-order chi connectivity index (χ1) is 12.6. The lowest BCUT2D eigenvalue weighted by Crippen LogP contribution is -2.60. The molecule has 5 nitrogen and oxygen atoms in total. The predicted molar refractivity (Wildman–Crippen MR) is 97.9 cm³/mol. The molecule has 4 bridgehead atoms. The maximum absolute atomic E-state index is 12.7. The van der Waals surface area contributed by atoms with E-state index < -0.39 is 0 Å². The summed E-state index contributed by atoms with van der Waals surface area (Å²) >= 11 is 0. The minimum Gasteiger partial charge on any atom is -0.454 e. The number of hydrogen-bond acceptors (Lipinski definition) is 4. The molecule has 1 amide bonds. The minimum absolute atomic E-state index is 0.103. The lowest BCUT2D eigenvalue weighted by molar-refractivity contribution is -0.127. The van der Waals surface area contributed by atoms with E-state index in [0.717, 1.165) is 41.4 Å². The summed E-state index contributed by atoms with van der Waals surface area (Å²) in [6.45, 7) is 1.46. The smallest absolute Gasteiger partial charge is 0.234 e. The topological polar surface area (TPSA) is 50.8 Å². The summed E-state index contributed by atoms with van der Waals surface area (Å²) in [5.41, 5.74) is 1.24. The molecule has 6 rings (SSSR count). The molecule has 1 aromatic carbocycles. The van der Waals surface area contributed by atoms with Gasteiger partial charge in [-0.15, -0.1) is 0 Å². The quantitative estimate of drug-likeness (QED) is 0.881. The SMILES string of the molecule is CN(CC(=O)NC12CC3CC(CC(C3)C1)C2)Cc1ccc2c(c1)OCO2. The average molecular weight is 356 g/mol. The summed E-state index contributed by atoms with van der Waals surface area (Å²) in [5.74, 6) is 4.34. The number of fused-ring (bicyclic) bond motifs is 1. The zero-order chi connectivity index (χ0) is 17.7. The molecule has 1 aliphatic heterocycles. The Kier molecular flexibility index (Phi) is 3.89. The van der Waals surface area contributed by atoms with E-state index in [0.29, 0.717) is 13.3 Å². The molecule has 0 aromatic heterocycles. The van der Waals surface area contributed by atoms with Crippen LogP contribution in [-0.4, -0.2) is 36.7 Å². The average Bonchev–Trinajstić information content (AvgIpc) is 3.00. The molecule has 0 unspecified atom stereocenters. The fourth-order valence-electron chi connectivity index (χ4n) is 6.25. The monoisotopic (exact) mass is 356 g/mol. The lowest BCUT2D eigenvalue weighted by Gasteiger charge is -2.57. The van der Waals surface area contributed by atoms with Crippen molar-refractivity contribution in [1.29, 1.82) is 0 Å². The van der Waals surface area contributed by atoms with Crippen molar-refractivity contribution in [1.82, 2.24) is 10.2 Å². The van der Waals surface area contributed by atoms with E-state index in [1.807, 2.05) is 25.2 Å². The Balaban J connectivity index is 1.18. The van der Waals surface area contributed by atoms with Crippen LogP contribution in [0.4, 0.5) is 0 Å². The molecule has 0 atom stereocenters. The van der Waals surface area contributed by atoms with Crippen LogP contribution in [0.3, 0.4) is 0 Å². The molecule has 26 heavy (non-hydrogen) atoms. The summed E-state index contributed by atoms with van der Waals surface area (Å²) in [5, 5.41) is 3.46. The van der Waals surface area contributed by atoms with Crippen molar-refractivity contribution in [3.05, 3.63) is 23.8 Å². The van der Waals surface area contributed by atoms with Crippen LogP contribution < -0.4 is 14.8 Å². The molecule has 0 radical (unpaired) electrons. The summed E-state index contributed by atoms with van der Waals surface area (Å²) < 4.78 is 10.8. The molecule has 4 saturated carbocycles. The number of amides is 1. The molecular weight excluding hydrogens is 328 g/mol. The van der Waals surface area contributed by atoms with E-state index in [-0.39, 0.29) is 11.4 Å². The Morgan fingerprint density at radius 1 is 1.12 bits per heavy atom. The van der Waals surface area contributed by atoms with Crippen LogP contribution >= 0.6 is 0 Å². The number of benzene rings is 1. The highest BCUT2D eigenvalue weighted by Crippen LogP contribution is 2.55. The standard InChI is InChI=1S/C21H28N2O3/c1-23(11-14-2-3-18-19(7-14)26-13-25-18)12-20(24)22-21-8-15-4-16(9-21)6-17(5-15)10-21/h2-3,7,15-17H,4-6,8-13H2,1H3,(H,22,24). The van der Waals surface area contributed by atoms with Gasteiger partial charge in [0.2, 0.25) is 12.7 Å². The predicted octanol–water partition coefficient (Wildman–Crippen LogP) is 2.93. The van der Waals surface area contributed by atoms with Gasteiger partial charge in [0.05, 0.1) is 6.54 Å². The number of hydrogen-bond donors (Lipinski definition) is 1. The van der Waals surface area contributed by atoms with Gasteiger partial charge in [-0.1, -0.05) is 6.07 Å². The zero-order valence-corrected chi connectivity index (χ0v) is 15.5. The second-order valence-electron chi connectivity index (χ2n) is 9.11. The number of rotatable bonds is 5. The number of nitrogens with one attached hydrogen (secondary N) is 1. The molecule has 1 N–H and O–H groups in total. The van der Waals surface area contributed by atoms with Gasteiger partial charge in [-0.25, -0.2) is 0 Å². The fraction of sp³-hybridized carbons (Fsp3) is 0.667. The van der Waals surface area contributed by atoms with E-state index in [9.17, 15) is 4.79 Å². The van der Waals surface area contributed by atoms with Crippen molar-refractivity contribution >= 4 is 5.91 Å². The lowest BCUT2D eigenvalue weighted by atomic mass is 9.53. The Morgan fingerprint density at radius 2 is 1.77 bits per heavy atom. The molecule has 4 fully saturated rings. The zero-order valence-electron chi connectivity index (χ0n) is 15.5. The largest absolute Gasteiger partial charge is 0.454 e. The molecule has 1 heterocycles. The molecule has 140 valence electrons.